The highest BCUT2D eigenvalue weighted by Crippen LogP contribution is 2.34. The average molecular weight is 439 g/mol. The van der Waals surface area contributed by atoms with Crippen LogP contribution in [0.2, 0.25) is 0 Å². The summed E-state index contributed by atoms with van der Waals surface area (Å²) < 4.78 is 45.4. The molecule has 8 nitrogen and oxygen atoms in total. The van der Waals surface area contributed by atoms with E-state index in [-0.39, 0.29) is 24.0 Å². The number of hydrazone groups is 1. The number of nitrogens with zero attached hydrogens (tertiary/aromatic N) is 4. The van der Waals surface area contributed by atoms with E-state index >= 15 is 0 Å². The Hall–Kier alpha value is -3.08. The molecule has 31 heavy (non-hydrogen) atoms. The Morgan fingerprint density at radius 2 is 1.90 bits per heavy atom. The van der Waals surface area contributed by atoms with Crippen molar-refractivity contribution in [3.05, 3.63) is 41.6 Å². The van der Waals surface area contributed by atoms with Crippen LogP contribution in [0.25, 0.3) is 0 Å². The first-order valence-electron chi connectivity index (χ1n) is 9.82. The molecule has 2 aliphatic rings. The minimum absolute atomic E-state index is 0.0450. The molecule has 1 aromatic carbocycles. The van der Waals surface area contributed by atoms with Gasteiger partial charge in [0.2, 0.25) is 0 Å². The van der Waals surface area contributed by atoms with Crippen molar-refractivity contribution >= 4 is 23.9 Å². The quantitative estimate of drug-likeness (QED) is 0.560. The zero-order valence-corrected chi connectivity index (χ0v) is 17.2. The van der Waals surface area contributed by atoms with E-state index in [0.29, 0.717) is 26.2 Å². The van der Waals surface area contributed by atoms with Crippen LogP contribution in [0.1, 0.15) is 29.8 Å². The number of carbonyl (C=O) groups is 2. The lowest BCUT2D eigenvalue weighted by Gasteiger charge is -2.28. The number of anilines is 1. The van der Waals surface area contributed by atoms with Crippen LogP contribution in [-0.4, -0.2) is 67.0 Å². The number of rotatable bonds is 5. The summed E-state index contributed by atoms with van der Waals surface area (Å²) in [6, 6.07) is 3.22. The predicted octanol–water partition coefficient (Wildman–Crippen LogP) is 2.24. The van der Waals surface area contributed by atoms with Gasteiger partial charge in [0.15, 0.2) is 0 Å². The van der Waals surface area contributed by atoms with Gasteiger partial charge in [-0.3, -0.25) is 4.79 Å². The fraction of sp³-hybridized carbons (Fsp3) is 0.450. The number of hydrogen-bond donors (Lipinski definition) is 1. The molecule has 1 aromatic rings. The van der Waals surface area contributed by atoms with Crippen LogP contribution in [0.15, 0.2) is 35.6 Å². The van der Waals surface area contributed by atoms with Crippen LogP contribution in [0.3, 0.4) is 0 Å². The average Bonchev–Trinajstić information content (AvgIpc) is 3.20. The fourth-order valence-electron chi connectivity index (χ4n) is 3.12. The highest BCUT2D eigenvalue weighted by molar-refractivity contribution is 5.95. The summed E-state index contributed by atoms with van der Waals surface area (Å²) in [6.07, 6.45) is -0.872. The van der Waals surface area contributed by atoms with Crippen LogP contribution in [-0.2, 0) is 15.7 Å². The van der Waals surface area contributed by atoms with Gasteiger partial charge in [0.05, 0.1) is 17.4 Å². The van der Waals surface area contributed by atoms with Gasteiger partial charge >= 0.3 is 12.1 Å². The van der Waals surface area contributed by atoms with Gasteiger partial charge in [-0.05, 0) is 32.0 Å². The predicted molar refractivity (Wildman–Crippen MR) is 108 cm³/mol. The third-order valence-corrected chi connectivity index (χ3v) is 4.58. The van der Waals surface area contributed by atoms with E-state index in [1.165, 1.54) is 39.5 Å². The largest absolute Gasteiger partial charge is 0.460 e. The Morgan fingerprint density at radius 1 is 1.19 bits per heavy atom. The fourth-order valence-corrected chi connectivity index (χ4v) is 3.12. The summed E-state index contributed by atoms with van der Waals surface area (Å²) in [6.45, 7) is 5.56. The number of carbonyl (C=O) groups excluding carboxylic acids is 2. The smallest absolute Gasteiger partial charge is 0.416 e. The molecule has 0 spiro atoms. The summed E-state index contributed by atoms with van der Waals surface area (Å²) in [5.41, 5.74) is -0.838. The molecule has 1 amide bonds. The molecule has 0 radical (unpaired) electrons. The molecular formula is C20H24F3N5O3. The second-order valence-electron chi connectivity index (χ2n) is 7.40. The number of nitrogens with one attached hydrogen (secondary N) is 1. The van der Waals surface area contributed by atoms with Crippen molar-refractivity contribution in [3.63, 3.8) is 0 Å². The summed E-state index contributed by atoms with van der Waals surface area (Å²) in [4.78, 5) is 27.4. The van der Waals surface area contributed by atoms with Crippen LogP contribution in [0.4, 0.5) is 18.9 Å². The van der Waals surface area contributed by atoms with Gasteiger partial charge in [0.25, 0.3) is 5.91 Å². The van der Waals surface area contributed by atoms with Gasteiger partial charge in [-0.2, -0.15) is 18.3 Å². The molecule has 1 fully saturated rings. The third kappa shape index (κ3) is 5.97. The van der Waals surface area contributed by atoms with Crippen molar-refractivity contribution in [1.29, 1.82) is 0 Å². The highest BCUT2D eigenvalue weighted by Gasteiger charge is 2.33. The maximum Gasteiger partial charge on any atom is 0.416 e. The molecule has 11 heteroatoms. The van der Waals surface area contributed by atoms with Crippen molar-refractivity contribution in [3.8, 4) is 0 Å². The standard InChI is InChI=1S/C20H24F3N5O3/c1-14(2)31-18(29)3-6-26-12-25-28(13-26)17-10-15(9-16(11-17)20(21,22)23)19(30)27-7-4-24-5-8-27/h3,6,9-12,14,24H,4-5,7-8,13H2,1-2H3/b6-3+. The molecule has 2 aliphatic heterocycles. The number of hydrogen-bond acceptors (Lipinski definition) is 7. The summed E-state index contributed by atoms with van der Waals surface area (Å²) in [5.74, 6) is -0.991. The van der Waals surface area contributed by atoms with Gasteiger partial charge in [-0.15, -0.1) is 0 Å². The molecule has 1 N–H and O–H groups in total. The number of alkyl halides is 3. The van der Waals surface area contributed by atoms with E-state index in [9.17, 15) is 22.8 Å². The van der Waals surface area contributed by atoms with Gasteiger partial charge < -0.3 is 19.9 Å². The lowest BCUT2D eigenvalue weighted by molar-refractivity contribution is -0.141. The number of benzene rings is 1. The Kier molecular flexibility index (Phi) is 6.84. The third-order valence-electron chi connectivity index (χ3n) is 4.58. The minimum atomic E-state index is -4.61. The number of amides is 1. The zero-order valence-electron chi connectivity index (χ0n) is 17.2. The molecule has 0 aliphatic carbocycles. The minimum Gasteiger partial charge on any atom is -0.460 e. The van der Waals surface area contributed by atoms with Crippen molar-refractivity contribution in [2.75, 3.05) is 37.9 Å². The van der Waals surface area contributed by atoms with E-state index in [0.717, 1.165) is 12.1 Å². The Bertz CT molecular complexity index is 879. The molecular weight excluding hydrogens is 415 g/mol. The number of ether oxygens (including phenoxy) is 1. The molecule has 0 aromatic heterocycles. The van der Waals surface area contributed by atoms with Crippen molar-refractivity contribution in [1.82, 2.24) is 15.1 Å². The van der Waals surface area contributed by atoms with Crippen LogP contribution in [0, 0.1) is 0 Å². The maximum absolute atomic E-state index is 13.5. The first-order valence-corrected chi connectivity index (χ1v) is 9.82. The monoisotopic (exact) mass is 439 g/mol. The van der Waals surface area contributed by atoms with Gasteiger partial charge in [0, 0.05) is 44.0 Å². The van der Waals surface area contributed by atoms with Crippen molar-refractivity contribution in [2.45, 2.75) is 26.1 Å². The molecule has 0 bridgehead atoms. The van der Waals surface area contributed by atoms with E-state index < -0.39 is 23.6 Å². The maximum atomic E-state index is 13.5. The van der Waals surface area contributed by atoms with E-state index in [4.69, 9.17) is 4.74 Å². The summed E-state index contributed by atoms with van der Waals surface area (Å²) >= 11 is 0. The molecule has 2 heterocycles. The molecule has 1 saturated heterocycles. The molecule has 3 rings (SSSR count). The van der Waals surface area contributed by atoms with Crippen molar-refractivity contribution in [2.24, 2.45) is 5.10 Å². The number of piperazine rings is 1. The first kappa shape index (κ1) is 22.6. The Balaban J connectivity index is 1.79. The van der Waals surface area contributed by atoms with Crippen molar-refractivity contribution < 1.29 is 27.5 Å². The highest BCUT2D eigenvalue weighted by atomic mass is 19.4. The van der Waals surface area contributed by atoms with Gasteiger partial charge in [0.1, 0.15) is 13.0 Å². The van der Waals surface area contributed by atoms with Gasteiger partial charge in [-0.25, -0.2) is 9.80 Å². The summed E-state index contributed by atoms with van der Waals surface area (Å²) in [7, 11) is 0. The van der Waals surface area contributed by atoms with Crippen LogP contribution in [0.5, 0.6) is 0 Å². The molecule has 0 saturated carbocycles. The van der Waals surface area contributed by atoms with E-state index in [2.05, 4.69) is 10.4 Å². The van der Waals surface area contributed by atoms with Crippen LogP contribution < -0.4 is 10.3 Å². The lowest BCUT2D eigenvalue weighted by atomic mass is 10.1. The second kappa shape index (κ2) is 9.38. The topological polar surface area (TPSA) is 77.5 Å². The second-order valence-corrected chi connectivity index (χ2v) is 7.40. The number of esters is 1. The van der Waals surface area contributed by atoms with Gasteiger partial charge in [-0.1, -0.05) is 0 Å². The van der Waals surface area contributed by atoms with E-state index in [1.807, 2.05) is 0 Å². The van der Waals surface area contributed by atoms with Crippen LogP contribution >= 0.6 is 0 Å². The lowest BCUT2D eigenvalue weighted by Crippen LogP contribution is -2.46. The molecule has 168 valence electrons. The summed E-state index contributed by atoms with van der Waals surface area (Å²) in [5, 5.41) is 8.51. The zero-order chi connectivity index (χ0) is 22.6. The molecule has 0 atom stereocenters. The Morgan fingerprint density at radius 3 is 2.55 bits per heavy atom. The normalized spacial score (nSPS) is 17.2. The number of halogens is 3. The molecule has 0 unspecified atom stereocenters. The SMILES string of the molecule is CC(C)OC(=O)/C=C/N1C=NN(c2cc(C(=O)N3CCNCC3)cc(C(F)(F)F)c2)C1. The first-order chi connectivity index (χ1) is 14.6. The Labute approximate surface area is 177 Å². The van der Waals surface area contributed by atoms with E-state index in [1.54, 1.807) is 13.8 Å².